The molecule has 0 fully saturated rings. The van der Waals surface area contributed by atoms with Gasteiger partial charge in [0.05, 0.1) is 0 Å². The lowest BCUT2D eigenvalue weighted by molar-refractivity contribution is 0.837. The Balaban J connectivity index is 2.45. The van der Waals surface area contributed by atoms with Crippen molar-refractivity contribution >= 4 is 17.5 Å². The van der Waals surface area contributed by atoms with Crippen LogP contribution >= 0.6 is 0 Å². The molecule has 0 bridgehead atoms. The highest BCUT2D eigenvalue weighted by molar-refractivity contribution is 5.67. The van der Waals surface area contributed by atoms with Crippen LogP contribution in [-0.4, -0.2) is 16.0 Å². The Kier molecular flexibility index (Phi) is 5.81. The number of nitrogens with one attached hydrogen (secondary N) is 2. The molecule has 0 unspecified atom stereocenters. The minimum atomic E-state index is 0.300. The van der Waals surface area contributed by atoms with Gasteiger partial charge in [0.15, 0.2) is 0 Å². The van der Waals surface area contributed by atoms with E-state index in [4.69, 9.17) is 0 Å². The molecule has 0 saturated heterocycles. The molecular weight excluding hydrogens is 296 g/mol. The number of para-hydroxylation sites is 1. The molecule has 4 heteroatoms. The summed E-state index contributed by atoms with van der Waals surface area (Å²) in [6.45, 7) is 15.1. The summed E-state index contributed by atoms with van der Waals surface area (Å²) in [5, 5.41) is 6.85. The van der Waals surface area contributed by atoms with Crippen LogP contribution < -0.4 is 10.6 Å². The van der Waals surface area contributed by atoms with E-state index < -0.39 is 0 Å². The van der Waals surface area contributed by atoms with E-state index in [-0.39, 0.29) is 0 Å². The van der Waals surface area contributed by atoms with Crippen molar-refractivity contribution in [2.75, 3.05) is 10.6 Å². The van der Waals surface area contributed by atoms with Gasteiger partial charge in [-0.15, -0.1) is 0 Å². The van der Waals surface area contributed by atoms with Crippen molar-refractivity contribution in [3.8, 4) is 0 Å². The van der Waals surface area contributed by atoms with Crippen LogP contribution in [0.1, 0.15) is 70.2 Å². The second kappa shape index (κ2) is 7.65. The summed E-state index contributed by atoms with van der Waals surface area (Å²) in [4.78, 5) is 9.11. The van der Waals surface area contributed by atoms with Gasteiger partial charge in [-0.3, -0.25) is 0 Å². The topological polar surface area (TPSA) is 49.8 Å². The maximum absolute atomic E-state index is 4.64. The second-order valence-corrected chi connectivity index (χ2v) is 7.26. The molecule has 0 atom stereocenters. The molecule has 2 aromatic rings. The molecule has 0 aliphatic heterocycles. The van der Waals surface area contributed by atoms with Gasteiger partial charge in [-0.25, -0.2) is 4.98 Å². The third-order valence-electron chi connectivity index (χ3n) is 3.90. The van der Waals surface area contributed by atoms with Crippen molar-refractivity contribution < 1.29 is 0 Å². The van der Waals surface area contributed by atoms with E-state index in [1.54, 1.807) is 0 Å². The number of aryl methyl sites for hydroxylation is 1. The van der Waals surface area contributed by atoms with Crippen LogP contribution in [0.5, 0.6) is 0 Å². The Morgan fingerprint density at radius 2 is 1.46 bits per heavy atom. The summed E-state index contributed by atoms with van der Waals surface area (Å²) in [5.41, 5.74) is 4.76. The van der Waals surface area contributed by atoms with Crippen molar-refractivity contribution in [3.05, 3.63) is 41.1 Å². The third-order valence-corrected chi connectivity index (χ3v) is 3.90. The molecular formula is C20H30N4. The van der Waals surface area contributed by atoms with E-state index in [1.807, 2.05) is 13.0 Å². The molecule has 1 aromatic carbocycles. The quantitative estimate of drug-likeness (QED) is 0.726. The number of nitrogens with zero attached hydrogens (tertiary/aromatic N) is 2. The molecule has 0 aliphatic carbocycles. The summed E-state index contributed by atoms with van der Waals surface area (Å²) < 4.78 is 0. The zero-order valence-electron chi connectivity index (χ0n) is 15.9. The normalized spacial score (nSPS) is 11.4. The fourth-order valence-corrected chi connectivity index (χ4v) is 2.78. The van der Waals surface area contributed by atoms with Crippen molar-refractivity contribution in [2.45, 2.75) is 66.3 Å². The van der Waals surface area contributed by atoms with Crippen LogP contribution in [0.15, 0.2) is 24.3 Å². The van der Waals surface area contributed by atoms with Gasteiger partial charge in [0.25, 0.3) is 0 Å². The lowest BCUT2D eigenvalue weighted by Crippen LogP contribution is -2.14. The van der Waals surface area contributed by atoms with Crippen LogP contribution in [0.2, 0.25) is 0 Å². The Labute approximate surface area is 146 Å². The SMILES string of the molecule is Cc1cc(Nc2c(C(C)C)cccc2C(C)C)nc(NC(C)C)n1. The monoisotopic (exact) mass is 326 g/mol. The van der Waals surface area contributed by atoms with Crippen molar-refractivity contribution in [1.29, 1.82) is 0 Å². The number of hydrogen-bond acceptors (Lipinski definition) is 4. The minimum Gasteiger partial charge on any atom is -0.352 e. The highest BCUT2D eigenvalue weighted by atomic mass is 15.2. The van der Waals surface area contributed by atoms with Crippen molar-refractivity contribution in [1.82, 2.24) is 9.97 Å². The maximum Gasteiger partial charge on any atom is 0.225 e. The smallest absolute Gasteiger partial charge is 0.225 e. The highest BCUT2D eigenvalue weighted by Gasteiger charge is 2.15. The van der Waals surface area contributed by atoms with E-state index in [9.17, 15) is 0 Å². The van der Waals surface area contributed by atoms with Crippen LogP contribution in [0, 0.1) is 6.92 Å². The fraction of sp³-hybridized carbons (Fsp3) is 0.500. The Bertz CT molecular complexity index is 664. The summed E-state index contributed by atoms with van der Waals surface area (Å²) in [6, 6.07) is 8.83. The van der Waals surface area contributed by atoms with Gasteiger partial charge in [-0.2, -0.15) is 4.98 Å². The number of rotatable bonds is 6. The standard InChI is InChI=1S/C20H30N4/c1-12(2)16-9-8-10-17(13(3)4)19(16)23-18-11-15(7)22-20(24-18)21-14(5)6/h8-14H,1-7H3,(H2,21,22,23,24). The predicted molar refractivity (Wildman–Crippen MR) is 103 cm³/mol. The van der Waals surface area contributed by atoms with Crippen LogP contribution in [-0.2, 0) is 0 Å². The van der Waals surface area contributed by atoms with Crippen molar-refractivity contribution in [2.24, 2.45) is 0 Å². The highest BCUT2D eigenvalue weighted by Crippen LogP contribution is 2.34. The molecule has 0 amide bonds. The average molecular weight is 326 g/mol. The zero-order valence-corrected chi connectivity index (χ0v) is 15.9. The fourth-order valence-electron chi connectivity index (χ4n) is 2.78. The molecule has 24 heavy (non-hydrogen) atoms. The van der Waals surface area contributed by atoms with Gasteiger partial charge < -0.3 is 10.6 Å². The molecule has 130 valence electrons. The number of hydrogen-bond donors (Lipinski definition) is 2. The van der Waals surface area contributed by atoms with E-state index in [1.165, 1.54) is 16.8 Å². The van der Waals surface area contributed by atoms with Crippen LogP contribution in [0.3, 0.4) is 0 Å². The van der Waals surface area contributed by atoms with E-state index in [0.29, 0.717) is 23.8 Å². The molecule has 2 N–H and O–H groups in total. The molecule has 0 saturated carbocycles. The number of benzene rings is 1. The molecule has 1 aromatic heterocycles. The lowest BCUT2D eigenvalue weighted by Gasteiger charge is -2.21. The largest absolute Gasteiger partial charge is 0.352 e. The first-order chi connectivity index (χ1) is 11.3. The maximum atomic E-state index is 4.64. The molecule has 2 rings (SSSR count). The van der Waals surface area contributed by atoms with E-state index >= 15 is 0 Å². The van der Waals surface area contributed by atoms with Gasteiger partial charge >= 0.3 is 0 Å². The van der Waals surface area contributed by atoms with Crippen LogP contribution in [0.4, 0.5) is 17.5 Å². The molecule has 0 radical (unpaired) electrons. The number of anilines is 3. The summed E-state index contributed by atoms with van der Waals surface area (Å²) in [7, 11) is 0. The lowest BCUT2D eigenvalue weighted by atomic mass is 9.92. The molecule has 1 heterocycles. The third kappa shape index (κ3) is 4.47. The van der Waals surface area contributed by atoms with Gasteiger partial charge in [-0.05, 0) is 43.7 Å². The Hall–Kier alpha value is -2.10. The Morgan fingerprint density at radius 1 is 0.875 bits per heavy atom. The first-order valence-electron chi connectivity index (χ1n) is 8.80. The number of aromatic nitrogens is 2. The first-order valence-corrected chi connectivity index (χ1v) is 8.80. The second-order valence-electron chi connectivity index (χ2n) is 7.26. The molecule has 0 spiro atoms. The first kappa shape index (κ1) is 18.2. The summed E-state index contributed by atoms with van der Waals surface area (Å²) in [5.74, 6) is 2.39. The van der Waals surface area contributed by atoms with Crippen molar-refractivity contribution in [3.63, 3.8) is 0 Å². The average Bonchev–Trinajstić information content (AvgIpc) is 2.45. The summed E-state index contributed by atoms with van der Waals surface area (Å²) >= 11 is 0. The Morgan fingerprint density at radius 3 is 1.96 bits per heavy atom. The van der Waals surface area contributed by atoms with Gasteiger partial charge in [0.1, 0.15) is 5.82 Å². The van der Waals surface area contributed by atoms with Gasteiger partial charge in [-0.1, -0.05) is 45.9 Å². The predicted octanol–water partition coefficient (Wildman–Crippen LogP) is 5.60. The van der Waals surface area contributed by atoms with E-state index in [2.05, 4.69) is 80.3 Å². The van der Waals surface area contributed by atoms with Gasteiger partial charge in [0.2, 0.25) is 5.95 Å². The molecule has 0 aliphatic rings. The zero-order chi connectivity index (χ0) is 17.9. The molecule has 4 nitrogen and oxygen atoms in total. The van der Waals surface area contributed by atoms with Crippen LogP contribution in [0.25, 0.3) is 0 Å². The van der Waals surface area contributed by atoms with E-state index in [0.717, 1.165) is 11.5 Å². The summed E-state index contributed by atoms with van der Waals surface area (Å²) in [6.07, 6.45) is 0. The van der Waals surface area contributed by atoms with Gasteiger partial charge in [0, 0.05) is 23.5 Å². The minimum absolute atomic E-state index is 0.300.